The molecule has 0 aromatic heterocycles. The molecule has 0 aliphatic heterocycles. The molecule has 158 valence electrons. The van der Waals surface area contributed by atoms with E-state index in [1.54, 1.807) is 0 Å². The molecular weight excluding hydrogens is 364 g/mol. The van der Waals surface area contributed by atoms with Crippen LogP contribution >= 0.6 is 0 Å². The minimum atomic E-state index is -1.09. The second-order valence-corrected chi connectivity index (χ2v) is 8.12. The van der Waals surface area contributed by atoms with E-state index in [0.29, 0.717) is 50.5 Å². The van der Waals surface area contributed by atoms with Gasteiger partial charge in [-0.2, -0.15) is 0 Å². The first kappa shape index (κ1) is 22.9. The third kappa shape index (κ3) is 4.63. The summed E-state index contributed by atoms with van der Waals surface area (Å²) in [6, 6.07) is 7.95. The molecule has 0 radical (unpaired) electrons. The summed E-state index contributed by atoms with van der Waals surface area (Å²) >= 11 is 0. The van der Waals surface area contributed by atoms with E-state index in [1.165, 1.54) is 0 Å². The van der Waals surface area contributed by atoms with Crippen LogP contribution in [0.1, 0.15) is 76.8 Å². The Labute approximate surface area is 174 Å². The van der Waals surface area contributed by atoms with Crippen molar-refractivity contribution in [3.63, 3.8) is 0 Å². The Balaban J connectivity index is 2.42. The average Bonchev–Trinajstić information content (AvgIpc) is 2.69. The van der Waals surface area contributed by atoms with Gasteiger partial charge in [-0.05, 0) is 38.2 Å². The number of aliphatic hydroxyl groups is 2. The molecule has 0 spiro atoms. The first-order valence-corrected chi connectivity index (χ1v) is 10.8. The van der Waals surface area contributed by atoms with Crippen LogP contribution in [0, 0.1) is 12.3 Å². The third-order valence-corrected chi connectivity index (χ3v) is 5.82. The van der Waals surface area contributed by atoms with Crippen molar-refractivity contribution < 1.29 is 19.8 Å². The topological polar surface area (TPSA) is 74.6 Å². The molecule has 0 bridgehead atoms. The summed E-state index contributed by atoms with van der Waals surface area (Å²) in [5, 5.41) is 21.8. The van der Waals surface area contributed by atoms with Gasteiger partial charge in [0.15, 0.2) is 11.6 Å². The molecule has 1 aliphatic carbocycles. The van der Waals surface area contributed by atoms with Gasteiger partial charge in [0.25, 0.3) is 0 Å². The summed E-state index contributed by atoms with van der Waals surface area (Å²) in [6.07, 6.45) is 4.17. The zero-order chi connectivity index (χ0) is 21.6. The van der Waals surface area contributed by atoms with E-state index in [4.69, 9.17) is 0 Å². The first-order chi connectivity index (χ1) is 13.8. The van der Waals surface area contributed by atoms with E-state index in [-0.39, 0.29) is 29.3 Å². The van der Waals surface area contributed by atoms with Crippen LogP contribution in [0.4, 0.5) is 0 Å². The van der Waals surface area contributed by atoms with Crippen molar-refractivity contribution in [3.05, 3.63) is 58.1 Å². The highest BCUT2D eigenvalue weighted by Gasteiger charge is 2.49. The lowest BCUT2D eigenvalue weighted by Crippen LogP contribution is -2.41. The molecule has 29 heavy (non-hydrogen) atoms. The van der Waals surface area contributed by atoms with Crippen LogP contribution in [0.3, 0.4) is 0 Å². The van der Waals surface area contributed by atoms with Gasteiger partial charge in [-0.1, -0.05) is 69.9 Å². The Bertz CT molecular complexity index is 806. The van der Waals surface area contributed by atoms with Crippen LogP contribution in [0.25, 0.3) is 0 Å². The summed E-state index contributed by atoms with van der Waals surface area (Å²) in [7, 11) is 0. The van der Waals surface area contributed by atoms with Crippen molar-refractivity contribution in [1.82, 2.24) is 0 Å². The SMILES string of the molecule is CCCC1=C(O)C(CCC)(CCC)C(=O)C(C(=O)CCc2ccc(C)cc2)=C1O. The van der Waals surface area contributed by atoms with E-state index in [1.807, 2.05) is 52.0 Å². The summed E-state index contributed by atoms with van der Waals surface area (Å²) in [5.74, 6) is -1.09. The number of rotatable bonds is 10. The number of allylic oxidation sites excluding steroid dienone is 3. The van der Waals surface area contributed by atoms with Gasteiger partial charge in [-0.25, -0.2) is 0 Å². The van der Waals surface area contributed by atoms with Crippen molar-refractivity contribution in [1.29, 1.82) is 0 Å². The lowest BCUT2D eigenvalue weighted by Gasteiger charge is -2.37. The van der Waals surface area contributed by atoms with Crippen LogP contribution in [0.5, 0.6) is 0 Å². The molecule has 0 fully saturated rings. The van der Waals surface area contributed by atoms with Crippen LogP contribution in [-0.2, 0) is 16.0 Å². The maximum Gasteiger partial charge on any atom is 0.183 e. The zero-order valence-electron chi connectivity index (χ0n) is 18.2. The number of carbonyl (C=O) groups is 2. The number of aliphatic hydroxyl groups excluding tert-OH is 2. The second-order valence-electron chi connectivity index (χ2n) is 8.12. The second kappa shape index (κ2) is 9.91. The Morgan fingerprint density at radius 1 is 0.931 bits per heavy atom. The number of Topliss-reactive ketones (excluding diaryl/α,β-unsaturated/α-hetero) is 2. The molecular formula is C25H34O4. The van der Waals surface area contributed by atoms with Crippen LogP contribution in [-0.4, -0.2) is 21.8 Å². The molecule has 1 aromatic carbocycles. The number of ketones is 2. The van der Waals surface area contributed by atoms with E-state index in [0.717, 1.165) is 11.1 Å². The van der Waals surface area contributed by atoms with Gasteiger partial charge >= 0.3 is 0 Å². The van der Waals surface area contributed by atoms with Crippen LogP contribution in [0.15, 0.2) is 46.9 Å². The molecule has 0 atom stereocenters. The van der Waals surface area contributed by atoms with E-state index in [2.05, 4.69) is 0 Å². The molecule has 4 nitrogen and oxygen atoms in total. The molecule has 0 unspecified atom stereocenters. The summed E-state index contributed by atoms with van der Waals surface area (Å²) in [6.45, 7) is 7.89. The summed E-state index contributed by atoms with van der Waals surface area (Å²) in [4.78, 5) is 26.5. The largest absolute Gasteiger partial charge is 0.511 e. The van der Waals surface area contributed by atoms with Gasteiger partial charge in [-0.15, -0.1) is 0 Å². The van der Waals surface area contributed by atoms with Crippen molar-refractivity contribution in [2.45, 2.75) is 79.1 Å². The summed E-state index contributed by atoms with van der Waals surface area (Å²) < 4.78 is 0. The highest BCUT2D eigenvalue weighted by atomic mass is 16.3. The standard InChI is InChI=1S/C25H34O4/c1-5-8-19-22(27)21(20(26)14-13-18-11-9-17(4)10-12-18)24(29)25(15-6-2,16-7-3)23(19)28/h9-12,27-28H,5-8,13-16H2,1-4H3. The third-order valence-electron chi connectivity index (χ3n) is 5.82. The molecule has 2 rings (SSSR count). The van der Waals surface area contributed by atoms with Crippen molar-refractivity contribution in [3.8, 4) is 0 Å². The van der Waals surface area contributed by atoms with Gasteiger partial charge in [-0.3, -0.25) is 9.59 Å². The van der Waals surface area contributed by atoms with Gasteiger partial charge in [0.05, 0.1) is 5.41 Å². The van der Waals surface area contributed by atoms with Crippen LogP contribution < -0.4 is 0 Å². The van der Waals surface area contributed by atoms with Crippen LogP contribution in [0.2, 0.25) is 0 Å². The quantitative estimate of drug-likeness (QED) is 0.468. The fourth-order valence-electron chi connectivity index (χ4n) is 4.33. The number of hydrogen-bond acceptors (Lipinski definition) is 4. The predicted octanol–water partition coefficient (Wildman–Crippen LogP) is 6.09. The smallest absolute Gasteiger partial charge is 0.183 e. The zero-order valence-corrected chi connectivity index (χ0v) is 18.2. The molecule has 1 aliphatic rings. The van der Waals surface area contributed by atoms with E-state index in [9.17, 15) is 19.8 Å². The lowest BCUT2D eigenvalue weighted by atomic mass is 9.66. The fourth-order valence-corrected chi connectivity index (χ4v) is 4.33. The van der Waals surface area contributed by atoms with Crippen molar-refractivity contribution in [2.24, 2.45) is 5.41 Å². The minimum absolute atomic E-state index is 0.0272. The lowest BCUT2D eigenvalue weighted by molar-refractivity contribution is -0.129. The Morgan fingerprint density at radius 2 is 1.52 bits per heavy atom. The van der Waals surface area contributed by atoms with E-state index >= 15 is 0 Å². The predicted molar refractivity (Wildman–Crippen MR) is 116 cm³/mol. The highest BCUT2D eigenvalue weighted by Crippen LogP contribution is 2.47. The Kier molecular flexibility index (Phi) is 7.83. The van der Waals surface area contributed by atoms with Crippen molar-refractivity contribution in [2.75, 3.05) is 0 Å². The number of carbonyl (C=O) groups excluding carboxylic acids is 2. The van der Waals surface area contributed by atoms with Gasteiger partial charge in [0.1, 0.15) is 17.1 Å². The first-order valence-electron chi connectivity index (χ1n) is 10.8. The maximum atomic E-state index is 13.5. The molecule has 0 amide bonds. The Morgan fingerprint density at radius 3 is 2.03 bits per heavy atom. The highest BCUT2D eigenvalue weighted by molar-refractivity contribution is 6.24. The molecule has 2 N–H and O–H groups in total. The number of benzene rings is 1. The molecule has 1 aromatic rings. The average molecular weight is 399 g/mol. The molecule has 0 saturated heterocycles. The molecule has 0 saturated carbocycles. The van der Waals surface area contributed by atoms with Gasteiger partial charge < -0.3 is 10.2 Å². The molecule has 0 heterocycles. The normalized spacial score (nSPS) is 16.5. The summed E-state index contributed by atoms with van der Waals surface area (Å²) in [5.41, 5.74) is 1.34. The monoisotopic (exact) mass is 398 g/mol. The minimum Gasteiger partial charge on any atom is -0.511 e. The maximum absolute atomic E-state index is 13.5. The fraction of sp³-hybridized carbons (Fsp3) is 0.520. The van der Waals surface area contributed by atoms with Gasteiger partial charge in [0.2, 0.25) is 0 Å². The number of hydrogen-bond donors (Lipinski definition) is 2. The van der Waals surface area contributed by atoms with E-state index < -0.39 is 11.2 Å². The van der Waals surface area contributed by atoms with Gasteiger partial charge in [0, 0.05) is 12.0 Å². The molecule has 4 heteroatoms. The van der Waals surface area contributed by atoms with Crippen molar-refractivity contribution >= 4 is 11.6 Å². The Hall–Kier alpha value is -2.36. The number of aryl methyl sites for hydroxylation is 2.